The molecule has 0 aromatic heterocycles. The molecule has 4 heavy (non-hydrogen) atoms. The second kappa shape index (κ2) is 1.30. The van der Waals surface area contributed by atoms with Crippen LogP contribution in [-0.2, 0) is 0 Å². The Balaban J connectivity index is 2.54. The van der Waals surface area contributed by atoms with E-state index in [0.29, 0.717) is 7.02 Å². The van der Waals surface area contributed by atoms with Gasteiger partial charge in [-0.25, -0.2) is 0 Å². The predicted octanol–water partition coefficient (Wildman–Crippen LogP) is 0.178. The normalized spacial score (nSPS) is 12.2. The maximum absolute atomic E-state index is 6.58. The van der Waals surface area contributed by atoms with Crippen LogP contribution >= 0.6 is 0 Å². The van der Waals surface area contributed by atoms with Crippen LogP contribution in [0.15, 0.2) is 0 Å². The molecule has 1 heteroatoms. The molecule has 0 spiro atoms. The minimum atomic E-state index is 0.389. The van der Waals surface area contributed by atoms with Gasteiger partial charge in [-0.15, -0.1) is 0 Å². The summed E-state index contributed by atoms with van der Waals surface area (Å²) in [4.78, 5) is 1.79. The van der Waals surface area contributed by atoms with Crippen molar-refractivity contribution < 1.29 is 1.37 Å². The SMILES string of the molecule is [2H]CN(C)C. The molecular formula is C3H9N. The first-order valence-electron chi connectivity index (χ1n) is 1.92. The highest BCUT2D eigenvalue weighted by Gasteiger charge is 1.58. The second-order valence-electron chi connectivity index (χ2n) is 1.08. The first-order chi connectivity index (χ1) is 2.27. The summed E-state index contributed by atoms with van der Waals surface area (Å²) in [6.07, 6.45) is 0. The van der Waals surface area contributed by atoms with Crippen LogP contribution in [0.1, 0.15) is 1.37 Å². The van der Waals surface area contributed by atoms with E-state index >= 15 is 0 Å². The Hall–Kier alpha value is -0.0400. The quantitative estimate of drug-likeness (QED) is 0.385. The lowest BCUT2D eigenvalue weighted by molar-refractivity contribution is 0.505. The van der Waals surface area contributed by atoms with Crippen molar-refractivity contribution in [1.82, 2.24) is 4.90 Å². The molecule has 26 valence electrons. The fourth-order valence-corrected chi connectivity index (χ4v) is 0. The zero-order chi connectivity index (χ0) is 4.28. The van der Waals surface area contributed by atoms with Gasteiger partial charge in [-0.1, -0.05) is 0 Å². The van der Waals surface area contributed by atoms with Crippen molar-refractivity contribution in [2.24, 2.45) is 0 Å². The van der Waals surface area contributed by atoms with Gasteiger partial charge in [-0.05, 0) is 21.1 Å². The molecule has 0 aliphatic carbocycles. The van der Waals surface area contributed by atoms with Crippen LogP contribution in [0, 0.1) is 0 Å². The Kier molecular flexibility index (Phi) is 0.718. The van der Waals surface area contributed by atoms with Gasteiger partial charge in [0.2, 0.25) is 0 Å². The smallest absolute Gasteiger partial charge is 0.0394 e. The van der Waals surface area contributed by atoms with Crippen LogP contribution in [-0.4, -0.2) is 26.0 Å². The van der Waals surface area contributed by atoms with Gasteiger partial charge in [0.25, 0.3) is 0 Å². The number of nitrogens with zero attached hydrogens (tertiary/aromatic N) is 1. The molecule has 0 N–H and O–H groups in total. The van der Waals surface area contributed by atoms with E-state index in [4.69, 9.17) is 1.37 Å². The zero-order valence-corrected chi connectivity index (χ0v) is 3.15. The molecular weight excluding hydrogens is 50.0 g/mol. The number of hydrogen-bond acceptors (Lipinski definition) is 1. The summed E-state index contributed by atoms with van der Waals surface area (Å²) in [5.74, 6) is 0. The van der Waals surface area contributed by atoms with Gasteiger partial charge in [0, 0.05) is 1.37 Å². The third kappa shape index (κ3) is 1130. The highest BCUT2D eigenvalue weighted by Crippen LogP contribution is 1.47. The van der Waals surface area contributed by atoms with E-state index in [1.807, 2.05) is 14.1 Å². The molecule has 0 aromatic rings. The molecule has 0 aliphatic rings. The van der Waals surface area contributed by atoms with E-state index in [1.54, 1.807) is 4.90 Å². The molecule has 0 saturated carbocycles. The molecule has 0 aromatic carbocycles. The summed E-state index contributed by atoms with van der Waals surface area (Å²) < 4.78 is 6.58. The van der Waals surface area contributed by atoms with Gasteiger partial charge in [0.15, 0.2) is 0 Å². The van der Waals surface area contributed by atoms with E-state index < -0.39 is 0 Å². The Morgan fingerprint density at radius 3 is 2.00 bits per heavy atom. The third-order valence-corrected chi connectivity index (χ3v) is 0. The van der Waals surface area contributed by atoms with Crippen molar-refractivity contribution in [2.75, 3.05) is 21.1 Å². The molecule has 0 unspecified atom stereocenters. The van der Waals surface area contributed by atoms with Crippen molar-refractivity contribution in [3.63, 3.8) is 0 Å². The molecule has 0 atom stereocenters. The van der Waals surface area contributed by atoms with Crippen molar-refractivity contribution in [3.8, 4) is 0 Å². The summed E-state index contributed by atoms with van der Waals surface area (Å²) >= 11 is 0. The summed E-state index contributed by atoms with van der Waals surface area (Å²) in [7, 11) is 4.12. The molecule has 0 radical (unpaired) electrons. The minimum Gasteiger partial charge on any atom is -0.312 e. The van der Waals surface area contributed by atoms with Gasteiger partial charge in [0.05, 0.1) is 0 Å². The Morgan fingerprint density at radius 2 is 2.00 bits per heavy atom. The largest absolute Gasteiger partial charge is 0.312 e. The summed E-state index contributed by atoms with van der Waals surface area (Å²) in [6, 6.07) is 0. The number of hydrogen-bond donors (Lipinski definition) is 0. The van der Waals surface area contributed by atoms with Gasteiger partial charge < -0.3 is 4.90 Å². The van der Waals surface area contributed by atoms with Gasteiger partial charge in [-0.3, -0.25) is 0 Å². The highest BCUT2D eigenvalue weighted by molar-refractivity contribution is 4.09. The first-order valence-corrected chi connectivity index (χ1v) is 1.21. The lowest BCUT2D eigenvalue weighted by Gasteiger charge is -1.90. The van der Waals surface area contributed by atoms with E-state index in [9.17, 15) is 0 Å². The maximum atomic E-state index is 6.58. The molecule has 0 rings (SSSR count). The van der Waals surface area contributed by atoms with Crippen molar-refractivity contribution in [1.29, 1.82) is 0 Å². The minimum absolute atomic E-state index is 0.389. The Bertz CT molecular complexity index is 20.9. The fourth-order valence-electron chi connectivity index (χ4n) is 0. The average molecular weight is 60.1 g/mol. The lowest BCUT2D eigenvalue weighted by Crippen LogP contribution is -1.99. The third-order valence-electron chi connectivity index (χ3n) is 0. The second-order valence-corrected chi connectivity index (χ2v) is 1.08. The van der Waals surface area contributed by atoms with Crippen LogP contribution in [0.2, 0.25) is 0 Å². The highest BCUT2D eigenvalue weighted by atomic mass is 15.0. The summed E-state index contributed by atoms with van der Waals surface area (Å²) in [6.45, 7) is 0. The van der Waals surface area contributed by atoms with Gasteiger partial charge in [0.1, 0.15) is 0 Å². The maximum Gasteiger partial charge on any atom is 0.0394 e. The predicted molar refractivity (Wildman–Crippen MR) is 19.6 cm³/mol. The molecule has 0 amide bonds. The van der Waals surface area contributed by atoms with E-state index in [2.05, 4.69) is 0 Å². The summed E-state index contributed by atoms with van der Waals surface area (Å²) in [5.41, 5.74) is 0. The van der Waals surface area contributed by atoms with Crippen LogP contribution in [0.5, 0.6) is 0 Å². The van der Waals surface area contributed by atoms with Crippen molar-refractivity contribution >= 4 is 0 Å². The standard InChI is InChI=1S/C3H9N/c1-4(2)3/h1-3H3/i1D. The van der Waals surface area contributed by atoms with Gasteiger partial charge in [-0.2, -0.15) is 0 Å². The molecule has 0 aliphatic heterocycles. The van der Waals surface area contributed by atoms with Crippen molar-refractivity contribution in [2.45, 2.75) is 0 Å². The molecule has 0 bridgehead atoms. The topological polar surface area (TPSA) is 3.24 Å². The molecule has 1 nitrogen and oxygen atoms in total. The average Bonchev–Trinajstić information content (AvgIpc) is 1.38. The van der Waals surface area contributed by atoms with Crippen LogP contribution < -0.4 is 0 Å². The molecule has 0 fully saturated rings. The van der Waals surface area contributed by atoms with Crippen LogP contribution in [0.25, 0.3) is 0 Å². The fraction of sp³-hybridized carbons (Fsp3) is 1.00. The lowest BCUT2D eigenvalue weighted by atomic mass is 11.0. The first kappa shape index (κ1) is 2.21. The van der Waals surface area contributed by atoms with E-state index in [-0.39, 0.29) is 0 Å². The van der Waals surface area contributed by atoms with Gasteiger partial charge >= 0.3 is 0 Å². The molecule has 0 saturated heterocycles. The monoisotopic (exact) mass is 60.1 g/mol. The molecule has 0 heterocycles. The van der Waals surface area contributed by atoms with E-state index in [0.717, 1.165) is 0 Å². The van der Waals surface area contributed by atoms with Crippen LogP contribution in [0.3, 0.4) is 0 Å². The van der Waals surface area contributed by atoms with Crippen molar-refractivity contribution in [3.05, 3.63) is 0 Å². The Morgan fingerprint density at radius 1 is 1.75 bits per heavy atom. The van der Waals surface area contributed by atoms with E-state index in [1.165, 1.54) is 0 Å². The number of rotatable bonds is 0. The van der Waals surface area contributed by atoms with Crippen LogP contribution in [0.4, 0.5) is 0 Å². The zero-order valence-electron chi connectivity index (χ0n) is 4.15. The summed E-state index contributed by atoms with van der Waals surface area (Å²) in [5, 5.41) is 0. The Labute approximate surface area is 28.6 Å².